The number of alkyl halides is 3. The fourth-order valence-corrected chi connectivity index (χ4v) is 1.76. The summed E-state index contributed by atoms with van der Waals surface area (Å²) >= 11 is 0. The molecule has 3 N–H and O–H groups in total. The van der Waals surface area contributed by atoms with Crippen molar-refractivity contribution in [2.45, 2.75) is 13.1 Å². The van der Waals surface area contributed by atoms with Crippen LogP contribution in [0.2, 0.25) is 0 Å². The van der Waals surface area contributed by atoms with Gasteiger partial charge in [0.05, 0.1) is 0 Å². The minimum absolute atomic E-state index is 0.115. The molecule has 0 bridgehead atoms. The van der Waals surface area contributed by atoms with Crippen LogP contribution in [0.25, 0.3) is 5.76 Å². The highest BCUT2D eigenvalue weighted by atomic mass is 19.4. The molecular weight excluding hydrogens is 291 g/mol. The van der Waals surface area contributed by atoms with Gasteiger partial charge in [-0.15, -0.1) is 0 Å². The van der Waals surface area contributed by atoms with Crippen LogP contribution in [0.4, 0.5) is 18.0 Å². The largest absolute Gasteiger partial charge is 0.481 e. The quantitative estimate of drug-likeness (QED) is 0.837. The van der Waals surface area contributed by atoms with E-state index < -0.39 is 35.5 Å². The van der Waals surface area contributed by atoms with Crippen LogP contribution in [-0.2, 0) is 9.53 Å². The van der Waals surface area contributed by atoms with E-state index in [4.69, 9.17) is 10.8 Å². The summed E-state index contributed by atoms with van der Waals surface area (Å²) < 4.78 is 43.1. The summed E-state index contributed by atoms with van der Waals surface area (Å²) in [6, 6.07) is 7.33. The van der Waals surface area contributed by atoms with E-state index in [9.17, 15) is 22.8 Å². The normalized spacial score (nSPS) is 14.1. The molecule has 0 radical (unpaired) electrons. The number of amides is 1. The van der Waals surface area contributed by atoms with Gasteiger partial charge < -0.3 is 15.6 Å². The van der Waals surface area contributed by atoms with Crippen LogP contribution in [0.1, 0.15) is 12.5 Å². The molecule has 0 aliphatic rings. The van der Waals surface area contributed by atoms with Crippen LogP contribution in [0.3, 0.4) is 0 Å². The number of ether oxygens (including phenoxy) is 1. The fraction of sp³-hybridized carbons (Fsp3) is 0.231. The first-order valence-electron chi connectivity index (χ1n) is 5.67. The lowest BCUT2D eigenvalue weighted by molar-refractivity contribution is -0.185. The number of carbonyl (C=O) groups excluding carboxylic acids is 1. The summed E-state index contributed by atoms with van der Waals surface area (Å²) in [5.74, 6) is -5.42. The Kier molecular flexibility index (Phi) is 4.96. The third-order valence-electron chi connectivity index (χ3n) is 2.60. The minimum Gasteiger partial charge on any atom is -0.481 e. The number of nitrogens with two attached hydrogens (primary N) is 1. The molecule has 8 heteroatoms. The molecule has 0 saturated heterocycles. The van der Waals surface area contributed by atoms with Gasteiger partial charge in [0.1, 0.15) is 5.76 Å². The monoisotopic (exact) mass is 303 g/mol. The predicted octanol–water partition coefficient (Wildman–Crippen LogP) is 2.78. The van der Waals surface area contributed by atoms with Gasteiger partial charge in [-0.25, -0.2) is 4.79 Å². The topological polar surface area (TPSA) is 89.6 Å². The van der Waals surface area contributed by atoms with Gasteiger partial charge in [-0.05, 0) is 12.5 Å². The van der Waals surface area contributed by atoms with Gasteiger partial charge in [-0.1, -0.05) is 30.3 Å². The van der Waals surface area contributed by atoms with E-state index in [0.29, 0.717) is 0 Å². The number of halogens is 3. The van der Waals surface area contributed by atoms with E-state index in [-0.39, 0.29) is 5.56 Å². The second-order valence-electron chi connectivity index (χ2n) is 4.11. The highest BCUT2D eigenvalue weighted by Crippen LogP contribution is 2.36. The van der Waals surface area contributed by atoms with E-state index in [1.54, 1.807) is 6.07 Å². The molecule has 21 heavy (non-hydrogen) atoms. The molecule has 114 valence electrons. The Labute approximate surface area is 117 Å². The van der Waals surface area contributed by atoms with E-state index in [0.717, 1.165) is 6.92 Å². The van der Waals surface area contributed by atoms with E-state index in [1.165, 1.54) is 24.3 Å². The van der Waals surface area contributed by atoms with Crippen molar-refractivity contribution in [1.29, 1.82) is 0 Å². The number of carboxylic acids is 1. The number of benzene rings is 1. The predicted molar refractivity (Wildman–Crippen MR) is 66.9 cm³/mol. The zero-order chi connectivity index (χ0) is 16.2. The van der Waals surface area contributed by atoms with Crippen molar-refractivity contribution in [1.82, 2.24) is 0 Å². The molecule has 1 aromatic rings. The zero-order valence-electron chi connectivity index (χ0n) is 10.8. The maximum atomic E-state index is 12.8. The fourth-order valence-electron chi connectivity index (χ4n) is 1.76. The zero-order valence-corrected chi connectivity index (χ0v) is 10.8. The number of carbonyl (C=O) groups is 2. The van der Waals surface area contributed by atoms with Gasteiger partial charge in [0.15, 0.2) is 5.92 Å². The van der Waals surface area contributed by atoms with Crippen molar-refractivity contribution in [3.05, 3.63) is 41.5 Å². The molecule has 0 fully saturated rings. The maximum absolute atomic E-state index is 12.8. The molecule has 0 aliphatic carbocycles. The number of hydrogen-bond donors (Lipinski definition) is 2. The van der Waals surface area contributed by atoms with Gasteiger partial charge >= 0.3 is 18.2 Å². The maximum Gasteiger partial charge on any atom is 0.409 e. The Morgan fingerprint density at radius 1 is 1.24 bits per heavy atom. The Morgan fingerprint density at radius 2 is 1.76 bits per heavy atom. The van der Waals surface area contributed by atoms with Gasteiger partial charge in [-0.2, -0.15) is 13.2 Å². The molecule has 0 aliphatic heterocycles. The lowest BCUT2D eigenvalue weighted by Crippen LogP contribution is -2.32. The molecule has 1 atom stereocenters. The summed E-state index contributed by atoms with van der Waals surface area (Å²) in [7, 11) is 0. The van der Waals surface area contributed by atoms with Crippen LogP contribution in [0.15, 0.2) is 35.9 Å². The molecule has 1 rings (SSSR count). The molecule has 5 nitrogen and oxygen atoms in total. The van der Waals surface area contributed by atoms with Crippen molar-refractivity contribution in [2.75, 3.05) is 0 Å². The summed E-state index contributed by atoms with van der Waals surface area (Å²) in [5, 5.41) is 8.78. The van der Waals surface area contributed by atoms with E-state index >= 15 is 0 Å². The van der Waals surface area contributed by atoms with E-state index in [1.807, 2.05) is 0 Å². The highest BCUT2D eigenvalue weighted by Gasteiger charge is 2.47. The number of carboxylic acid groups (broad SMARTS) is 1. The molecule has 1 unspecified atom stereocenters. The summed E-state index contributed by atoms with van der Waals surface area (Å²) in [6.07, 6.45) is -6.36. The minimum atomic E-state index is -5.03. The molecular formula is C13H12F3NO4. The second-order valence-corrected chi connectivity index (χ2v) is 4.11. The number of aliphatic carboxylic acids is 1. The van der Waals surface area contributed by atoms with Crippen LogP contribution in [0.5, 0.6) is 0 Å². The highest BCUT2D eigenvalue weighted by molar-refractivity contribution is 5.82. The first-order chi connectivity index (χ1) is 9.64. The average Bonchev–Trinajstić information content (AvgIpc) is 2.34. The van der Waals surface area contributed by atoms with Gasteiger partial charge in [0.2, 0.25) is 0 Å². The summed E-state index contributed by atoms with van der Waals surface area (Å²) in [5.41, 5.74) is 4.28. The summed E-state index contributed by atoms with van der Waals surface area (Å²) in [4.78, 5) is 21.8. The first kappa shape index (κ1) is 16.5. The first-order valence-corrected chi connectivity index (χ1v) is 5.67. The molecule has 0 heterocycles. The Bertz CT molecular complexity index is 567. The van der Waals surface area contributed by atoms with Gasteiger partial charge in [0, 0.05) is 5.56 Å². The van der Waals surface area contributed by atoms with Crippen LogP contribution in [-0.4, -0.2) is 23.3 Å². The lowest BCUT2D eigenvalue weighted by atomic mass is 9.96. The van der Waals surface area contributed by atoms with Crippen molar-refractivity contribution >= 4 is 17.8 Å². The van der Waals surface area contributed by atoms with Crippen molar-refractivity contribution < 1.29 is 32.6 Å². The van der Waals surface area contributed by atoms with Gasteiger partial charge in [0.25, 0.3) is 0 Å². The van der Waals surface area contributed by atoms with Crippen LogP contribution >= 0.6 is 0 Å². The smallest absolute Gasteiger partial charge is 0.409 e. The Hall–Kier alpha value is -2.51. The SMILES string of the molecule is CC(=C(OC(N)=O)c1ccccc1)C(C(=O)O)C(F)(F)F. The molecule has 0 spiro atoms. The Balaban J connectivity index is 3.45. The molecule has 0 aromatic heterocycles. The van der Waals surface area contributed by atoms with Crippen LogP contribution in [0, 0.1) is 5.92 Å². The standard InChI is InChI=1S/C13H12F3NO4/c1-7(9(11(18)19)13(14,15)16)10(21-12(17)20)8-5-3-2-4-6-8/h2-6,9H,1H3,(H2,17,20)(H,18,19). The Morgan fingerprint density at radius 3 is 2.14 bits per heavy atom. The number of hydrogen-bond acceptors (Lipinski definition) is 3. The van der Waals surface area contributed by atoms with Crippen molar-refractivity contribution in [3.63, 3.8) is 0 Å². The van der Waals surface area contributed by atoms with Crippen LogP contribution < -0.4 is 5.73 Å². The van der Waals surface area contributed by atoms with Gasteiger partial charge in [-0.3, -0.25) is 4.79 Å². The third kappa shape index (κ3) is 4.23. The number of primary amides is 1. The number of rotatable bonds is 4. The average molecular weight is 303 g/mol. The molecule has 0 saturated carbocycles. The summed E-state index contributed by atoms with van der Waals surface area (Å²) in [6.45, 7) is 0.928. The molecule has 1 amide bonds. The van der Waals surface area contributed by atoms with Crippen molar-refractivity contribution in [3.8, 4) is 0 Å². The molecule has 1 aromatic carbocycles. The van der Waals surface area contributed by atoms with Crippen molar-refractivity contribution in [2.24, 2.45) is 11.7 Å². The lowest BCUT2D eigenvalue weighted by Gasteiger charge is -2.20. The second kappa shape index (κ2) is 6.29. The van der Waals surface area contributed by atoms with E-state index in [2.05, 4.69) is 4.74 Å². The third-order valence-corrected chi connectivity index (χ3v) is 2.60.